The van der Waals surface area contributed by atoms with Gasteiger partial charge < -0.3 is 9.88 Å². The van der Waals surface area contributed by atoms with Crippen LogP contribution in [0.4, 0.5) is 0 Å². The molecule has 0 bridgehead atoms. The number of aromatic nitrogens is 3. The molecule has 2 atom stereocenters. The molecular formula is C14H25N5. The van der Waals surface area contributed by atoms with Crippen LogP contribution in [0, 0.1) is 5.92 Å². The Bertz CT molecular complexity index is 402. The van der Waals surface area contributed by atoms with E-state index in [2.05, 4.69) is 31.9 Å². The van der Waals surface area contributed by atoms with E-state index in [0.717, 1.165) is 44.0 Å². The monoisotopic (exact) mass is 263 g/mol. The largest absolute Gasteiger partial charge is 0.315 e. The Hall–Kier alpha value is -0.940. The zero-order valence-corrected chi connectivity index (χ0v) is 11.9. The molecule has 1 aliphatic heterocycles. The number of hydrogen-bond acceptors (Lipinski definition) is 4. The summed E-state index contributed by atoms with van der Waals surface area (Å²) < 4.78 is 2.18. The summed E-state index contributed by atoms with van der Waals surface area (Å²) in [5.41, 5.74) is 0. The molecule has 2 aliphatic rings. The van der Waals surface area contributed by atoms with Crippen LogP contribution in [-0.4, -0.2) is 45.3 Å². The third-order valence-corrected chi connectivity index (χ3v) is 4.53. The molecule has 1 N–H and O–H groups in total. The van der Waals surface area contributed by atoms with Crippen LogP contribution < -0.4 is 5.32 Å². The molecule has 5 heteroatoms. The topological polar surface area (TPSA) is 46.0 Å². The Kier molecular flexibility index (Phi) is 4.13. The molecule has 1 fully saturated rings. The van der Waals surface area contributed by atoms with Crippen LogP contribution in [-0.2, 0) is 13.1 Å². The minimum atomic E-state index is 0.736. The fraction of sp³-hybridized carbons (Fsp3) is 0.857. The molecule has 0 amide bonds. The van der Waals surface area contributed by atoms with E-state index in [4.69, 9.17) is 0 Å². The first-order chi connectivity index (χ1) is 9.36. The van der Waals surface area contributed by atoms with Crippen LogP contribution in [0.2, 0.25) is 0 Å². The van der Waals surface area contributed by atoms with Gasteiger partial charge in [-0.2, -0.15) is 0 Å². The Morgan fingerprint density at radius 2 is 2.32 bits per heavy atom. The highest BCUT2D eigenvalue weighted by Gasteiger charge is 2.29. The average molecular weight is 263 g/mol. The first kappa shape index (κ1) is 13.1. The average Bonchev–Trinajstić information content (AvgIpc) is 3.05. The molecule has 0 spiro atoms. The minimum Gasteiger partial charge on any atom is -0.315 e. The van der Waals surface area contributed by atoms with Gasteiger partial charge in [-0.1, -0.05) is 13.3 Å². The van der Waals surface area contributed by atoms with E-state index in [9.17, 15) is 0 Å². The lowest BCUT2D eigenvalue weighted by Gasteiger charge is -2.31. The van der Waals surface area contributed by atoms with Crippen molar-refractivity contribution < 1.29 is 0 Å². The molecule has 1 aliphatic carbocycles. The van der Waals surface area contributed by atoms with E-state index < -0.39 is 0 Å². The molecule has 0 radical (unpaired) electrons. The van der Waals surface area contributed by atoms with Crippen molar-refractivity contribution in [3.05, 3.63) is 12.2 Å². The lowest BCUT2D eigenvalue weighted by atomic mass is 10.0. The summed E-state index contributed by atoms with van der Waals surface area (Å²) in [5, 5.41) is 11.9. The molecule has 5 nitrogen and oxygen atoms in total. The maximum absolute atomic E-state index is 4.21. The lowest BCUT2D eigenvalue weighted by Crippen LogP contribution is -2.42. The fourth-order valence-corrected chi connectivity index (χ4v) is 3.46. The van der Waals surface area contributed by atoms with Gasteiger partial charge in [0.2, 0.25) is 0 Å². The zero-order chi connectivity index (χ0) is 13.1. The highest BCUT2D eigenvalue weighted by atomic mass is 15.3. The molecule has 19 heavy (non-hydrogen) atoms. The number of rotatable bonds is 5. The maximum Gasteiger partial charge on any atom is 0.147 e. The van der Waals surface area contributed by atoms with Gasteiger partial charge in [-0.3, -0.25) is 4.90 Å². The van der Waals surface area contributed by atoms with Gasteiger partial charge in [-0.15, -0.1) is 10.2 Å². The van der Waals surface area contributed by atoms with Crippen LogP contribution in [0.3, 0.4) is 0 Å². The van der Waals surface area contributed by atoms with E-state index >= 15 is 0 Å². The number of hydrogen-bond donors (Lipinski definition) is 1. The van der Waals surface area contributed by atoms with Crippen molar-refractivity contribution >= 4 is 0 Å². The first-order valence-electron chi connectivity index (χ1n) is 7.69. The van der Waals surface area contributed by atoms with Crippen molar-refractivity contribution in [3.63, 3.8) is 0 Å². The van der Waals surface area contributed by atoms with Crippen LogP contribution in [0.1, 0.15) is 38.4 Å². The van der Waals surface area contributed by atoms with Crippen LogP contribution in [0.25, 0.3) is 0 Å². The van der Waals surface area contributed by atoms with Crippen LogP contribution in [0.15, 0.2) is 6.33 Å². The highest BCUT2D eigenvalue weighted by molar-refractivity contribution is 4.92. The van der Waals surface area contributed by atoms with E-state index in [-0.39, 0.29) is 0 Å². The van der Waals surface area contributed by atoms with Crippen molar-refractivity contribution in [2.24, 2.45) is 5.92 Å². The van der Waals surface area contributed by atoms with Crippen molar-refractivity contribution in [1.82, 2.24) is 25.0 Å². The van der Waals surface area contributed by atoms with E-state index in [1.165, 1.54) is 32.2 Å². The summed E-state index contributed by atoms with van der Waals surface area (Å²) in [4.78, 5) is 2.56. The van der Waals surface area contributed by atoms with Gasteiger partial charge >= 0.3 is 0 Å². The summed E-state index contributed by atoms with van der Waals surface area (Å²) >= 11 is 0. The van der Waals surface area contributed by atoms with Crippen molar-refractivity contribution in [3.8, 4) is 0 Å². The summed E-state index contributed by atoms with van der Waals surface area (Å²) in [7, 11) is 0. The van der Waals surface area contributed by atoms with Gasteiger partial charge in [0.15, 0.2) is 0 Å². The third-order valence-electron chi connectivity index (χ3n) is 4.53. The Labute approximate surface area is 115 Å². The smallest absolute Gasteiger partial charge is 0.147 e. The van der Waals surface area contributed by atoms with E-state index in [1.54, 1.807) is 0 Å². The molecule has 1 saturated carbocycles. The zero-order valence-electron chi connectivity index (χ0n) is 11.9. The van der Waals surface area contributed by atoms with Gasteiger partial charge in [-0.25, -0.2) is 0 Å². The Morgan fingerprint density at radius 1 is 1.37 bits per heavy atom. The molecule has 3 rings (SSSR count). The molecular weight excluding hydrogens is 238 g/mol. The van der Waals surface area contributed by atoms with E-state index in [1.807, 2.05) is 6.33 Å². The lowest BCUT2D eigenvalue weighted by molar-refractivity contribution is 0.173. The molecule has 0 saturated heterocycles. The van der Waals surface area contributed by atoms with Gasteiger partial charge in [0.25, 0.3) is 0 Å². The fourth-order valence-electron chi connectivity index (χ4n) is 3.46. The summed E-state index contributed by atoms with van der Waals surface area (Å²) in [6.07, 6.45) is 7.21. The Morgan fingerprint density at radius 3 is 3.21 bits per heavy atom. The summed E-state index contributed by atoms with van der Waals surface area (Å²) in [5.74, 6) is 1.95. The molecule has 2 heterocycles. The number of fused-ring (bicyclic) bond motifs is 1. The standard InChI is InChI=1S/C14H25N5/c1-2-6-15-13-5-3-4-12(13)9-18-7-8-19-11-16-17-14(19)10-18/h11-13,15H,2-10H2,1H3. The molecule has 2 unspecified atom stereocenters. The van der Waals surface area contributed by atoms with Gasteiger partial charge in [0, 0.05) is 25.7 Å². The molecule has 1 aromatic heterocycles. The van der Waals surface area contributed by atoms with E-state index in [0.29, 0.717) is 0 Å². The quantitative estimate of drug-likeness (QED) is 0.869. The first-order valence-corrected chi connectivity index (χ1v) is 7.69. The summed E-state index contributed by atoms with van der Waals surface area (Å²) in [6.45, 7) is 7.78. The SMILES string of the molecule is CCCNC1CCCC1CN1CCn2cnnc2C1. The molecule has 0 aromatic carbocycles. The third kappa shape index (κ3) is 2.98. The maximum atomic E-state index is 4.21. The van der Waals surface area contributed by atoms with Crippen LogP contribution in [0.5, 0.6) is 0 Å². The van der Waals surface area contributed by atoms with Crippen LogP contribution >= 0.6 is 0 Å². The second-order valence-electron chi connectivity index (χ2n) is 5.93. The molecule has 106 valence electrons. The van der Waals surface area contributed by atoms with Gasteiger partial charge in [0.1, 0.15) is 12.2 Å². The van der Waals surface area contributed by atoms with Gasteiger partial charge in [-0.05, 0) is 31.7 Å². The Balaban J connectivity index is 1.54. The summed E-state index contributed by atoms with van der Waals surface area (Å²) in [6, 6.07) is 0.736. The number of nitrogens with one attached hydrogen (secondary N) is 1. The minimum absolute atomic E-state index is 0.736. The molecule has 1 aromatic rings. The van der Waals surface area contributed by atoms with Crippen molar-refractivity contribution in [1.29, 1.82) is 0 Å². The predicted octanol–water partition coefficient (Wildman–Crippen LogP) is 1.26. The highest BCUT2D eigenvalue weighted by Crippen LogP contribution is 2.27. The normalized spacial score (nSPS) is 27.6. The predicted molar refractivity (Wildman–Crippen MR) is 74.7 cm³/mol. The van der Waals surface area contributed by atoms with Gasteiger partial charge in [0.05, 0.1) is 6.54 Å². The van der Waals surface area contributed by atoms with Crippen molar-refractivity contribution in [2.75, 3.05) is 19.6 Å². The second kappa shape index (κ2) is 6.01. The number of nitrogens with zero attached hydrogens (tertiary/aromatic N) is 4. The second-order valence-corrected chi connectivity index (χ2v) is 5.93. The van der Waals surface area contributed by atoms with Crippen molar-refractivity contribution in [2.45, 2.75) is 51.7 Å².